The third-order valence-electron chi connectivity index (χ3n) is 2.82. The van der Waals surface area contributed by atoms with E-state index in [0.29, 0.717) is 12.3 Å². The Labute approximate surface area is 111 Å². The number of anilines is 1. The first-order chi connectivity index (χ1) is 9.06. The number of primary amides is 1. The summed E-state index contributed by atoms with van der Waals surface area (Å²) in [6, 6.07) is 7.13. The van der Waals surface area contributed by atoms with Gasteiger partial charge in [0, 0.05) is 12.5 Å². The summed E-state index contributed by atoms with van der Waals surface area (Å²) in [5.41, 5.74) is 5.95. The molecule has 0 radical (unpaired) electrons. The average Bonchev–Trinajstić information content (AvgIpc) is 2.37. The Bertz CT molecular complexity index is 490. The summed E-state index contributed by atoms with van der Waals surface area (Å²) in [6.45, 7) is 2.12. The molecular formula is C13H17N3O3. The molecule has 4 N–H and O–H groups in total. The first-order valence-electron chi connectivity index (χ1n) is 6.14. The van der Waals surface area contributed by atoms with Crippen LogP contribution in [0.5, 0.6) is 5.75 Å². The molecule has 0 bridgehead atoms. The number of amides is 2. The summed E-state index contributed by atoms with van der Waals surface area (Å²) >= 11 is 0. The minimum atomic E-state index is -0.606. The van der Waals surface area contributed by atoms with Crippen LogP contribution in [-0.2, 0) is 9.59 Å². The average molecular weight is 263 g/mol. The largest absolute Gasteiger partial charge is 0.477 e. The van der Waals surface area contributed by atoms with Crippen molar-refractivity contribution >= 4 is 17.5 Å². The van der Waals surface area contributed by atoms with E-state index in [1.165, 1.54) is 0 Å². The number of para-hydroxylation sites is 2. The number of hydrogen-bond donors (Lipinski definition) is 3. The van der Waals surface area contributed by atoms with Gasteiger partial charge in [-0.15, -0.1) is 0 Å². The number of benzene rings is 1. The maximum absolute atomic E-state index is 12.0. The summed E-state index contributed by atoms with van der Waals surface area (Å²) in [4.78, 5) is 22.7. The molecule has 0 aromatic heterocycles. The predicted octanol–water partition coefficient (Wildman–Crippen LogP) is 0.240. The van der Waals surface area contributed by atoms with Gasteiger partial charge in [0.05, 0.1) is 12.2 Å². The minimum absolute atomic E-state index is 0.114. The van der Waals surface area contributed by atoms with Gasteiger partial charge in [-0.1, -0.05) is 12.1 Å². The normalized spacial score (nSPS) is 18.5. The van der Waals surface area contributed by atoms with Gasteiger partial charge in [0.25, 0.3) is 5.91 Å². The molecule has 1 aliphatic rings. The molecule has 0 spiro atoms. The van der Waals surface area contributed by atoms with Gasteiger partial charge < -0.3 is 21.1 Å². The molecule has 0 saturated carbocycles. The van der Waals surface area contributed by atoms with Crippen LogP contribution < -0.4 is 21.1 Å². The van der Waals surface area contributed by atoms with Crippen LogP contribution in [0.25, 0.3) is 0 Å². The Morgan fingerprint density at radius 3 is 3.00 bits per heavy atom. The zero-order valence-corrected chi connectivity index (χ0v) is 10.7. The van der Waals surface area contributed by atoms with Gasteiger partial charge in [0.15, 0.2) is 6.10 Å². The topological polar surface area (TPSA) is 93.5 Å². The van der Waals surface area contributed by atoms with E-state index in [1.807, 2.05) is 18.2 Å². The molecule has 6 nitrogen and oxygen atoms in total. The van der Waals surface area contributed by atoms with Crippen LogP contribution >= 0.6 is 0 Å². The summed E-state index contributed by atoms with van der Waals surface area (Å²) < 4.78 is 5.61. The highest BCUT2D eigenvalue weighted by molar-refractivity contribution is 5.84. The van der Waals surface area contributed by atoms with Gasteiger partial charge in [0.2, 0.25) is 5.91 Å². The van der Waals surface area contributed by atoms with Crippen molar-refractivity contribution in [2.75, 3.05) is 11.9 Å². The molecule has 2 rings (SSSR count). The molecule has 0 aliphatic carbocycles. The lowest BCUT2D eigenvalue weighted by atomic mass is 10.2. The van der Waals surface area contributed by atoms with Crippen molar-refractivity contribution in [3.63, 3.8) is 0 Å². The Hall–Kier alpha value is -2.24. The van der Waals surface area contributed by atoms with E-state index in [4.69, 9.17) is 10.5 Å². The third-order valence-corrected chi connectivity index (χ3v) is 2.82. The van der Waals surface area contributed by atoms with E-state index in [-0.39, 0.29) is 18.4 Å². The van der Waals surface area contributed by atoms with E-state index in [1.54, 1.807) is 13.0 Å². The Morgan fingerprint density at radius 2 is 2.26 bits per heavy atom. The van der Waals surface area contributed by atoms with Gasteiger partial charge in [0.1, 0.15) is 5.75 Å². The number of ether oxygens (including phenoxy) is 1. The maximum atomic E-state index is 12.0. The van der Waals surface area contributed by atoms with E-state index in [9.17, 15) is 9.59 Å². The molecular weight excluding hydrogens is 246 g/mol. The van der Waals surface area contributed by atoms with E-state index in [2.05, 4.69) is 10.6 Å². The van der Waals surface area contributed by atoms with E-state index in [0.717, 1.165) is 5.69 Å². The number of fused-ring (bicyclic) bond motifs is 1. The molecule has 1 aliphatic heterocycles. The summed E-state index contributed by atoms with van der Waals surface area (Å²) in [7, 11) is 0. The minimum Gasteiger partial charge on any atom is -0.477 e. The quantitative estimate of drug-likeness (QED) is 0.725. The van der Waals surface area contributed by atoms with Crippen LogP contribution in [0.2, 0.25) is 0 Å². The molecule has 2 unspecified atom stereocenters. The zero-order chi connectivity index (χ0) is 13.8. The van der Waals surface area contributed by atoms with Crippen LogP contribution in [0.1, 0.15) is 13.3 Å². The van der Waals surface area contributed by atoms with Crippen molar-refractivity contribution in [1.29, 1.82) is 0 Å². The fraction of sp³-hybridized carbons (Fsp3) is 0.385. The second-order valence-electron chi connectivity index (χ2n) is 4.56. The van der Waals surface area contributed by atoms with Crippen molar-refractivity contribution in [3.05, 3.63) is 24.3 Å². The Kier molecular flexibility index (Phi) is 3.89. The summed E-state index contributed by atoms with van der Waals surface area (Å²) in [6.07, 6.45) is -0.493. The lowest BCUT2D eigenvalue weighted by Gasteiger charge is -2.27. The standard InChI is InChI=1S/C13H17N3O3/c1-8(6-12(14)17)16-13(18)11-7-15-9-4-2-3-5-10(9)19-11/h2-5,8,11,15H,6-7H2,1H3,(H2,14,17)(H,16,18). The zero-order valence-electron chi connectivity index (χ0n) is 10.7. The number of carbonyl (C=O) groups is 2. The van der Waals surface area contributed by atoms with Crippen molar-refractivity contribution in [3.8, 4) is 5.75 Å². The van der Waals surface area contributed by atoms with Crippen LogP contribution in [-0.4, -0.2) is 30.5 Å². The first-order valence-corrected chi connectivity index (χ1v) is 6.14. The van der Waals surface area contributed by atoms with Crippen LogP contribution in [0.3, 0.4) is 0 Å². The van der Waals surface area contributed by atoms with Gasteiger partial charge in [-0.05, 0) is 19.1 Å². The smallest absolute Gasteiger partial charge is 0.263 e. The summed E-state index contributed by atoms with van der Waals surface area (Å²) in [5.74, 6) is -0.0481. The van der Waals surface area contributed by atoms with Crippen molar-refractivity contribution in [1.82, 2.24) is 5.32 Å². The van der Waals surface area contributed by atoms with Crippen LogP contribution in [0, 0.1) is 0 Å². The highest BCUT2D eigenvalue weighted by Gasteiger charge is 2.26. The second kappa shape index (κ2) is 5.60. The molecule has 0 saturated heterocycles. The monoisotopic (exact) mass is 263 g/mol. The van der Waals surface area contributed by atoms with Crippen molar-refractivity contribution in [2.24, 2.45) is 5.73 Å². The lowest BCUT2D eigenvalue weighted by molar-refractivity contribution is -0.128. The van der Waals surface area contributed by atoms with E-state index < -0.39 is 12.0 Å². The predicted molar refractivity (Wildman–Crippen MR) is 70.8 cm³/mol. The first kappa shape index (κ1) is 13.2. The second-order valence-corrected chi connectivity index (χ2v) is 4.56. The van der Waals surface area contributed by atoms with Gasteiger partial charge in [-0.3, -0.25) is 9.59 Å². The molecule has 2 atom stereocenters. The van der Waals surface area contributed by atoms with Gasteiger partial charge in [-0.2, -0.15) is 0 Å². The van der Waals surface area contributed by atoms with Gasteiger partial charge in [-0.25, -0.2) is 0 Å². The van der Waals surface area contributed by atoms with Gasteiger partial charge >= 0.3 is 0 Å². The fourth-order valence-corrected chi connectivity index (χ4v) is 1.95. The molecule has 1 aromatic carbocycles. The highest BCUT2D eigenvalue weighted by atomic mass is 16.5. The molecule has 102 valence electrons. The van der Waals surface area contributed by atoms with Crippen LogP contribution in [0.15, 0.2) is 24.3 Å². The van der Waals surface area contributed by atoms with Crippen molar-refractivity contribution < 1.29 is 14.3 Å². The molecule has 1 aromatic rings. The number of carbonyl (C=O) groups excluding carboxylic acids is 2. The number of nitrogens with two attached hydrogens (primary N) is 1. The fourth-order valence-electron chi connectivity index (χ4n) is 1.95. The lowest BCUT2D eigenvalue weighted by Crippen LogP contribution is -2.48. The Balaban J connectivity index is 1.93. The highest BCUT2D eigenvalue weighted by Crippen LogP contribution is 2.28. The molecule has 6 heteroatoms. The van der Waals surface area contributed by atoms with Crippen molar-refractivity contribution in [2.45, 2.75) is 25.5 Å². The SMILES string of the molecule is CC(CC(N)=O)NC(=O)C1CNc2ccccc2O1. The Morgan fingerprint density at radius 1 is 1.53 bits per heavy atom. The molecule has 1 heterocycles. The number of hydrogen-bond acceptors (Lipinski definition) is 4. The van der Waals surface area contributed by atoms with Crippen LogP contribution in [0.4, 0.5) is 5.69 Å². The maximum Gasteiger partial charge on any atom is 0.263 e. The van der Waals surface area contributed by atoms with E-state index >= 15 is 0 Å². The third kappa shape index (κ3) is 3.37. The number of nitrogens with one attached hydrogen (secondary N) is 2. The molecule has 19 heavy (non-hydrogen) atoms. The molecule has 2 amide bonds. The number of rotatable bonds is 4. The molecule has 0 fully saturated rings. The summed E-state index contributed by atoms with van der Waals surface area (Å²) in [5, 5.41) is 5.84.